The summed E-state index contributed by atoms with van der Waals surface area (Å²) in [5.41, 5.74) is -13.5. The number of alkyl halides is 10. The fourth-order valence-corrected chi connectivity index (χ4v) is 3.62. The topological polar surface area (TPSA) is 49.4 Å². The van der Waals surface area contributed by atoms with Crippen molar-refractivity contribution < 1.29 is 57.9 Å². The van der Waals surface area contributed by atoms with Gasteiger partial charge in [0.15, 0.2) is 5.82 Å². The molecule has 15 heteroatoms. The standard InChI is InChI=1S/C25H15F11N2O2/c1-38(21(40)13-6-3-2-4-7-13)18-9-5-8-15(19(18)26)20(39)37-17-11-10-14(12-16(17)23(28,29)30)22(27,24(31,32)33)25(34,35)36/h2-12H,1H3,(H,37,39). The van der Waals surface area contributed by atoms with Crippen molar-refractivity contribution in [1.82, 2.24) is 0 Å². The van der Waals surface area contributed by atoms with Gasteiger partial charge in [0.2, 0.25) is 0 Å². The highest BCUT2D eigenvalue weighted by atomic mass is 19.4. The van der Waals surface area contributed by atoms with Crippen LogP contribution in [-0.4, -0.2) is 31.2 Å². The van der Waals surface area contributed by atoms with Crippen LogP contribution in [0.2, 0.25) is 0 Å². The van der Waals surface area contributed by atoms with E-state index in [9.17, 15) is 53.5 Å². The molecule has 0 fully saturated rings. The van der Waals surface area contributed by atoms with Crippen LogP contribution in [0.5, 0.6) is 0 Å². The van der Waals surface area contributed by atoms with Crippen LogP contribution in [-0.2, 0) is 11.8 Å². The smallest absolute Gasteiger partial charge is 0.321 e. The maximum absolute atomic E-state index is 15.2. The lowest BCUT2D eigenvalue weighted by Gasteiger charge is -2.31. The Bertz CT molecular complexity index is 1400. The summed E-state index contributed by atoms with van der Waals surface area (Å²) in [5, 5.41) is 1.57. The molecule has 0 unspecified atom stereocenters. The quantitative estimate of drug-likeness (QED) is 0.313. The highest BCUT2D eigenvalue weighted by Gasteiger charge is 2.73. The second kappa shape index (κ2) is 10.4. The van der Waals surface area contributed by atoms with Gasteiger partial charge in [-0.1, -0.05) is 30.3 Å². The Morgan fingerprint density at radius 2 is 1.32 bits per heavy atom. The number of hydrogen-bond donors (Lipinski definition) is 1. The number of nitrogens with zero attached hydrogens (tertiary/aromatic N) is 1. The second-order valence-corrected chi connectivity index (χ2v) is 8.24. The first-order valence-electron chi connectivity index (χ1n) is 10.8. The summed E-state index contributed by atoms with van der Waals surface area (Å²) >= 11 is 0. The third-order valence-electron chi connectivity index (χ3n) is 5.66. The molecule has 0 aromatic heterocycles. The Hall–Kier alpha value is -4.17. The molecule has 1 N–H and O–H groups in total. The Balaban J connectivity index is 2.02. The third-order valence-corrected chi connectivity index (χ3v) is 5.66. The zero-order valence-electron chi connectivity index (χ0n) is 19.8. The highest BCUT2D eigenvalue weighted by Crippen LogP contribution is 2.54. The van der Waals surface area contributed by atoms with Crippen LogP contribution in [0.15, 0.2) is 66.7 Å². The molecule has 0 aliphatic carbocycles. The van der Waals surface area contributed by atoms with E-state index < -0.39 is 76.0 Å². The fraction of sp³-hybridized carbons (Fsp3) is 0.200. The summed E-state index contributed by atoms with van der Waals surface area (Å²) in [4.78, 5) is 26.1. The number of carbonyl (C=O) groups is 2. The normalized spacial score (nSPS) is 12.7. The van der Waals surface area contributed by atoms with E-state index >= 15 is 4.39 Å². The predicted octanol–water partition coefficient (Wildman–Crippen LogP) is 7.66. The van der Waals surface area contributed by atoms with E-state index in [1.54, 1.807) is 11.4 Å². The van der Waals surface area contributed by atoms with E-state index in [2.05, 4.69) is 0 Å². The molecule has 2 amide bonds. The van der Waals surface area contributed by atoms with E-state index in [0.29, 0.717) is 0 Å². The molecule has 0 heterocycles. The van der Waals surface area contributed by atoms with Crippen molar-refractivity contribution in [2.75, 3.05) is 17.3 Å². The lowest BCUT2D eigenvalue weighted by molar-refractivity contribution is -0.348. The number of benzene rings is 3. The van der Waals surface area contributed by atoms with Gasteiger partial charge >= 0.3 is 24.2 Å². The van der Waals surface area contributed by atoms with E-state index in [0.717, 1.165) is 30.1 Å². The Labute approximate surface area is 218 Å². The van der Waals surface area contributed by atoms with Gasteiger partial charge in [-0.2, -0.15) is 39.5 Å². The molecule has 0 radical (unpaired) electrons. The van der Waals surface area contributed by atoms with Gasteiger partial charge in [0.1, 0.15) is 0 Å². The van der Waals surface area contributed by atoms with Crippen LogP contribution in [0.3, 0.4) is 0 Å². The van der Waals surface area contributed by atoms with Gasteiger partial charge in [-0.25, -0.2) is 8.78 Å². The van der Waals surface area contributed by atoms with Crippen LogP contribution in [0.25, 0.3) is 0 Å². The fourth-order valence-electron chi connectivity index (χ4n) is 3.62. The molecular weight excluding hydrogens is 569 g/mol. The van der Waals surface area contributed by atoms with Crippen molar-refractivity contribution in [3.8, 4) is 0 Å². The molecule has 40 heavy (non-hydrogen) atoms. The van der Waals surface area contributed by atoms with Crippen LogP contribution in [0.4, 0.5) is 59.7 Å². The molecule has 3 aromatic rings. The number of carbonyl (C=O) groups excluding carboxylic acids is 2. The van der Waals surface area contributed by atoms with Crippen molar-refractivity contribution in [3.05, 3.63) is 94.8 Å². The van der Waals surface area contributed by atoms with Gasteiger partial charge in [0, 0.05) is 18.2 Å². The largest absolute Gasteiger partial charge is 0.435 e. The summed E-state index contributed by atoms with van der Waals surface area (Å²) in [6.45, 7) is 0. The van der Waals surface area contributed by atoms with Gasteiger partial charge in [-0.05, 0) is 36.4 Å². The van der Waals surface area contributed by atoms with Crippen molar-refractivity contribution >= 4 is 23.2 Å². The van der Waals surface area contributed by atoms with E-state index in [-0.39, 0.29) is 17.7 Å². The third kappa shape index (κ3) is 5.58. The first-order chi connectivity index (χ1) is 18.3. The molecule has 0 saturated heterocycles. The number of rotatable bonds is 5. The van der Waals surface area contributed by atoms with E-state index in [1.807, 2.05) is 0 Å². The number of amides is 2. The van der Waals surface area contributed by atoms with Gasteiger partial charge in [0.25, 0.3) is 11.8 Å². The van der Waals surface area contributed by atoms with E-state index in [1.165, 1.54) is 24.3 Å². The molecule has 3 aromatic carbocycles. The summed E-state index contributed by atoms with van der Waals surface area (Å²) in [7, 11) is 1.14. The highest BCUT2D eigenvalue weighted by molar-refractivity contribution is 6.08. The molecule has 214 valence electrons. The molecule has 0 aliphatic heterocycles. The maximum atomic E-state index is 15.2. The van der Waals surface area contributed by atoms with Crippen LogP contribution in [0, 0.1) is 5.82 Å². The van der Waals surface area contributed by atoms with Gasteiger partial charge in [-0.15, -0.1) is 0 Å². The van der Waals surface area contributed by atoms with Crippen molar-refractivity contribution in [2.45, 2.75) is 24.2 Å². The predicted molar refractivity (Wildman–Crippen MR) is 120 cm³/mol. The number of hydrogen-bond acceptors (Lipinski definition) is 2. The number of anilines is 2. The average Bonchev–Trinajstić information content (AvgIpc) is 2.86. The minimum Gasteiger partial charge on any atom is -0.321 e. The zero-order valence-corrected chi connectivity index (χ0v) is 19.8. The molecule has 0 spiro atoms. The minimum atomic E-state index is -6.69. The summed E-state index contributed by atoms with van der Waals surface area (Å²) in [6, 6.07) is 9.38. The average molecular weight is 584 g/mol. The van der Waals surface area contributed by atoms with Crippen LogP contribution >= 0.6 is 0 Å². The number of halogens is 11. The first-order valence-corrected chi connectivity index (χ1v) is 10.8. The molecular formula is C25H15F11N2O2. The van der Waals surface area contributed by atoms with E-state index in [4.69, 9.17) is 0 Å². The van der Waals surface area contributed by atoms with Crippen molar-refractivity contribution in [1.29, 1.82) is 0 Å². The monoisotopic (exact) mass is 584 g/mol. The molecule has 0 aliphatic rings. The van der Waals surface area contributed by atoms with Crippen molar-refractivity contribution in [2.24, 2.45) is 0 Å². The Kier molecular flexibility index (Phi) is 7.92. The molecule has 0 saturated carbocycles. The molecule has 0 bridgehead atoms. The van der Waals surface area contributed by atoms with Gasteiger partial charge < -0.3 is 10.2 Å². The molecule has 3 rings (SSSR count). The molecule has 0 atom stereocenters. The van der Waals surface area contributed by atoms with Crippen LogP contribution in [0.1, 0.15) is 31.8 Å². The first kappa shape index (κ1) is 30.4. The van der Waals surface area contributed by atoms with Crippen LogP contribution < -0.4 is 10.2 Å². The lowest BCUT2D eigenvalue weighted by Crippen LogP contribution is -2.50. The summed E-state index contributed by atoms with van der Waals surface area (Å²) in [6.07, 6.45) is -19.1. The minimum absolute atomic E-state index is 0.0192. The number of nitrogens with one attached hydrogen (secondary N) is 1. The molecule has 4 nitrogen and oxygen atoms in total. The zero-order chi connectivity index (χ0) is 30.3. The second-order valence-electron chi connectivity index (χ2n) is 8.24. The maximum Gasteiger partial charge on any atom is 0.435 e. The van der Waals surface area contributed by atoms with Crippen molar-refractivity contribution in [3.63, 3.8) is 0 Å². The summed E-state index contributed by atoms with van der Waals surface area (Å²) in [5.74, 6) is -3.71. The van der Waals surface area contributed by atoms with Gasteiger partial charge in [0.05, 0.1) is 22.5 Å². The Morgan fingerprint density at radius 3 is 1.85 bits per heavy atom. The lowest BCUT2D eigenvalue weighted by atomic mass is 9.92. The van der Waals surface area contributed by atoms with Gasteiger partial charge in [-0.3, -0.25) is 9.59 Å². The Morgan fingerprint density at radius 1 is 0.750 bits per heavy atom. The summed E-state index contributed by atoms with van der Waals surface area (Å²) < 4.78 is 149. The SMILES string of the molecule is CN(C(=O)c1ccccc1)c1cccc(C(=O)Nc2ccc(C(F)(C(F)(F)F)C(F)(F)F)cc2C(F)(F)F)c1F.